The van der Waals surface area contributed by atoms with Crippen LogP contribution in [0.3, 0.4) is 0 Å². The molecular formula is C24H22BrCl2NO5. The predicted octanol–water partition coefficient (Wildman–Crippen LogP) is 5.88. The van der Waals surface area contributed by atoms with Gasteiger partial charge in [-0.1, -0.05) is 57.3 Å². The molecule has 6 nitrogen and oxygen atoms in total. The maximum absolute atomic E-state index is 11.0. The molecule has 0 aliphatic heterocycles. The zero-order valence-electron chi connectivity index (χ0n) is 17.7. The molecule has 0 radical (unpaired) electrons. The molecule has 3 aromatic rings. The van der Waals surface area contributed by atoms with E-state index in [9.17, 15) is 4.79 Å². The number of rotatable bonds is 10. The van der Waals surface area contributed by atoms with Crippen LogP contribution < -0.4 is 19.9 Å². The number of carboxylic acid groups (broad SMARTS) is 1. The van der Waals surface area contributed by atoms with E-state index in [1.165, 1.54) is 0 Å². The van der Waals surface area contributed by atoms with Crippen molar-refractivity contribution in [1.29, 1.82) is 0 Å². The van der Waals surface area contributed by atoms with Crippen molar-refractivity contribution in [2.24, 2.45) is 5.73 Å². The minimum atomic E-state index is -1.10. The zero-order chi connectivity index (χ0) is 24.0. The summed E-state index contributed by atoms with van der Waals surface area (Å²) < 4.78 is 18.4. The largest absolute Gasteiger partial charge is 0.496 e. The van der Waals surface area contributed by atoms with Crippen LogP contribution in [0, 0.1) is 0 Å². The molecule has 0 heterocycles. The molecule has 3 aromatic carbocycles. The number of hydrogen-bond acceptors (Lipinski definition) is 5. The lowest BCUT2D eigenvalue weighted by atomic mass is 10.1. The van der Waals surface area contributed by atoms with E-state index in [2.05, 4.69) is 15.9 Å². The van der Waals surface area contributed by atoms with Crippen molar-refractivity contribution in [3.8, 4) is 17.2 Å². The van der Waals surface area contributed by atoms with Gasteiger partial charge in [-0.2, -0.15) is 0 Å². The Kier molecular flexibility index (Phi) is 8.86. The van der Waals surface area contributed by atoms with Crippen molar-refractivity contribution in [2.45, 2.75) is 25.7 Å². The SMILES string of the molecule is COc1cccc(OCc2cccc(Br)c2)c1COc1c(Cl)cc(C[C@H](N)C(=O)O)cc1Cl. The van der Waals surface area contributed by atoms with Crippen LogP contribution in [-0.2, 0) is 24.4 Å². The molecule has 0 saturated heterocycles. The summed E-state index contributed by atoms with van der Waals surface area (Å²) >= 11 is 16.2. The Balaban J connectivity index is 1.78. The van der Waals surface area contributed by atoms with Gasteiger partial charge in [0.2, 0.25) is 0 Å². The van der Waals surface area contributed by atoms with E-state index in [1.54, 1.807) is 19.2 Å². The smallest absolute Gasteiger partial charge is 0.320 e. The first kappa shape index (κ1) is 25.2. The summed E-state index contributed by atoms with van der Waals surface area (Å²) in [7, 11) is 1.57. The van der Waals surface area contributed by atoms with Gasteiger partial charge in [-0.3, -0.25) is 4.79 Å². The number of benzene rings is 3. The number of halogens is 3. The summed E-state index contributed by atoms with van der Waals surface area (Å²) in [6.45, 7) is 0.449. The first-order valence-electron chi connectivity index (χ1n) is 9.90. The average molecular weight is 555 g/mol. The number of aliphatic carboxylic acids is 1. The first-order chi connectivity index (χ1) is 15.8. The van der Waals surface area contributed by atoms with Crippen LogP contribution in [0.15, 0.2) is 59.1 Å². The molecule has 174 valence electrons. The van der Waals surface area contributed by atoms with Crippen molar-refractivity contribution in [1.82, 2.24) is 0 Å². The fourth-order valence-electron chi connectivity index (χ4n) is 3.16. The van der Waals surface area contributed by atoms with Gasteiger partial charge in [0, 0.05) is 4.47 Å². The molecule has 0 unspecified atom stereocenters. The molecule has 9 heteroatoms. The summed E-state index contributed by atoms with van der Waals surface area (Å²) in [5.74, 6) is 0.368. The van der Waals surface area contributed by atoms with Crippen LogP contribution >= 0.6 is 39.1 Å². The molecule has 33 heavy (non-hydrogen) atoms. The van der Waals surface area contributed by atoms with Gasteiger partial charge in [-0.15, -0.1) is 0 Å². The molecule has 3 N–H and O–H groups in total. The second kappa shape index (κ2) is 11.6. The topological polar surface area (TPSA) is 91.0 Å². The summed E-state index contributed by atoms with van der Waals surface area (Å²) in [4.78, 5) is 11.0. The minimum Gasteiger partial charge on any atom is -0.496 e. The van der Waals surface area contributed by atoms with Gasteiger partial charge in [-0.05, 0) is 53.9 Å². The number of nitrogens with two attached hydrogens (primary N) is 1. The van der Waals surface area contributed by atoms with Crippen molar-refractivity contribution in [3.05, 3.63) is 85.8 Å². The molecule has 3 rings (SSSR count). The predicted molar refractivity (Wildman–Crippen MR) is 132 cm³/mol. The lowest BCUT2D eigenvalue weighted by Crippen LogP contribution is -2.32. The third-order valence-electron chi connectivity index (χ3n) is 4.79. The standard InChI is InChI=1S/C24H22BrCl2NO5/c1-31-21-6-3-7-22(32-12-14-4-2-5-16(25)8-14)17(21)13-33-23-18(26)9-15(10-19(23)27)11-20(28)24(29)30/h2-10,20H,11-13,28H2,1H3,(H,29,30)/t20-/m0/s1. The Morgan fingerprint density at radius 1 is 1.00 bits per heavy atom. The number of ether oxygens (including phenoxy) is 3. The normalized spacial score (nSPS) is 11.7. The van der Waals surface area contributed by atoms with Crippen LogP contribution in [0.1, 0.15) is 16.7 Å². The van der Waals surface area contributed by atoms with E-state index in [1.807, 2.05) is 42.5 Å². The van der Waals surface area contributed by atoms with Crippen LogP contribution in [0.4, 0.5) is 0 Å². The van der Waals surface area contributed by atoms with E-state index >= 15 is 0 Å². The molecule has 1 atom stereocenters. The molecular weight excluding hydrogens is 533 g/mol. The summed E-state index contributed by atoms with van der Waals surface area (Å²) in [5.41, 5.74) is 7.89. The monoisotopic (exact) mass is 553 g/mol. The molecule has 0 aliphatic rings. The van der Waals surface area contributed by atoms with Crippen molar-refractivity contribution >= 4 is 45.1 Å². The van der Waals surface area contributed by atoms with E-state index in [0.717, 1.165) is 10.0 Å². The zero-order valence-corrected chi connectivity index (χ0v) is 20.8. The Morgan fingerprint density at radius 3 is 2.30 bits per heavy atom. The van der Waals surface area contributed by atoms with Gasteiger partial charge in [0.1, 0.15) is 30.8 Å². The highest BCUT2D eigenvalue weighted by Gasteiger charge is 2.18. The molecule has 0 spiro atoms. The van der Waals surface area contributed by atoms with Crippen molar-refractivity contribution in [3.63, 3.8) is 0 Å². The van der Waals surface area contributed by atoms with E-state index < -0.39 is 12.0 Å². The quantitative estimate of drug-likeness (QED) is 0.325. The van der Waals surface area contributed by atoms with Gasteiger partial charge in [-0.25, -0.2) is 0 Å². The Hall–Kier alpha value is -2.45. The number of methoxy groups -OCH3 is 1. The Morgan fingerprint density at radius 2 is 1.67 bits per heavy atom. The third-order valence-corrected chi connectivity index (χ3v) is 5.84. The number of hydrogen-bond donors (Lipinski definition) is 2. The second-order valence-corrected chi connectivity index (χ2v) is 8.91. The molecule has 0 amide bonds. The Labute approximate surface area is 210 Å². The lowest BCUT2D eigenvalue weighted by molar-refractivity contribution is -0.138. The van der Waals surface area contributed by atoms with Gasteiger partial charge >= 0.3 is 5.97 Å². The number of carboxylic acids is 1. The van der Waals surface area contributed by atoms with Gasteiger partial charge < -0.3 is 25.1 Å². The highest BCUT2D eigenvalue weighted by atomic mass is 79.9. The van der Waals surface area contributed by atoms with E-state index in [-0.39, 0.29) is 28.8 Å². The molecule has 0 fully saturated rings. The lowest BCUT2D eigenvalue weighted by Gasteiger charge is -2.17. The van der Waals surface area contributed by atoms with Crippen LogP contribution in [0.5, 0.6) is 17.2 Å². The second-order valence-electron chi connectivity index (χ2n) is 7.18. The highest BCUT2D eigenvalue weighted by Crippen LogP contribution is 2.37. The maximum atomic E-state index is 11.0. The van der Waals surface area contributed by atoms with E-state index in [4.69, 9.17) is 48.3 Å². The fourth-order valence-corrected chi connectivity index (χ4v) is 4.24. The molecule has 0 aliphatic carbocycles. The van der Waals surface area contributed by atoms with Crippen LogP contribution in [-0.4, -0.2) is 24.2 Å². The first-order valence-corrected chi connectivity index (χ1v) is 11.5. The molecule has 0 bridgehead atoms. The summed E-state index contributed by atoms with van der Waals surface area (Å²) in [5, 5.41) is 9.51. The third kappa shape index (κ3) is 6.77. The van der Waals surface area contributed by atoms with Gasteiger partial charge in [0.15, 0.2) is 5.75 Å². The fraction of sp³-hybridized carbons (Fsp3) is 0.208. The summed E-state index contributed by atoms with van der Waals surface area (Å²) in [6.07, 6.45) is 0.0924. The average Bonchev–Trinajstić information content (AvgIpc) is 2.77. The minimum absolute atomic E-state index is 0.0885. The maximum Gasteiger partial charge on any atom is 0.320 e. The van der Waals surface area contributed by atoms with Crippen LogP contribution in [0.2, 0.25) is 10.0 Å². The number of carbonyl (C=O) groups is 1. The van der Waals surface area contributed by atoms with Crippen molar-refractivity contribution < 1.29 is 24.1 Å². The molecule has 0 saturated carbocycles. The Bertz CT molecular complexity index is 1120. The van der Waals surface area contributed by atoms with Crippen molar-refractivity contribution in [2.75, 3.05) is 7.11 Å². The highest BCUT2D eigenvalue weighted by molar-refractivity contribution is 9.10. The van der Waals surface area contributed by atoms with Gasteiger partial charge in [0.05, 0.1) is 22.7 Å². The molecule has 0 aromatic heterocycles. The van der Waals surface area contributed by atoms with Crippen LogP contribution in [0.25, 0.3) is 0 Å². The van der Waals surface area contributed by atoms with E-state index in [0.29, 0.717) is 29.2 Å². The summed E-state index contributed by atoms with van der Waals surface area (Å²) in [6, 6.07) is 15.4. The van der Waals surface area contributed by atoms with Gasteiger partial charge in [0.25, 0.3) is 0 Å².